The van der Waals surface area contributed by atoms with E-state index in [0.29, 0.717) is 21.3 Å². The van der Waals surface area contributed by atoms with Crippen molar-refractivity contribution in [2.75, 3.05) is 7.11 Å². The Labute approximate surface area is 153 Å². The fourth-order valence-corrected chi connectivity index (χ4v) is 3.15. The number of aromatic amines is 1. The Morgan fingerprint density at radius 2 is 2.00 bits per heavy atom. The first-order valence-corrected chi connectivity index (χ1v) is 8.03. The van der Waals surface area contributed by atoms with Gasteiger partial charge in [0.05, 0.1) is 28.6 Å². The maximum Gasteiger partial charge on any atom is 0.340 e. The van der Waals surface area contributed by atoms with Gasteiger partial charge >= 0.3 is 5.97 Å². The quantitative estimate of drug-likeness (QED) is 0.781. The lowest BCUT2D eigenvalue weighted by atomic mass is 9.83. The van der Waals surface area contributed by atoms with Gasteiger partial charge in [-0.1, -0.05) is 29.3 Å². The molecule has 1 aromatic heterocycles. The summed E-state index contributed by atoms with van der Waals surface area (Å²) in [5, 5.41) is 0.644. The molecule has 0 saturated carbocycles. The van der Waals surface area contributed by atoms with Gasteiger partial charge in [0.2, 0.25) is 5.88 Å². The molecule has 3 rings (SSSR count). The van der Waals surface area contributed by atoms with Crippen LogP contribution in [0.2, 0.25) is 10.0 Å². The second kappa shape index (κ2) is 6.46. The summed E-state index contributed by atoms with van der Waals surface area (Å²) in [5.74, 6) is -1.34. The van der Waals surface area contributed by atoms with Crippen molar-refractivity contribution < 1.29 is 14.3 Å². The average Bonchev–Trinajstić information content (AvgIpc) is 2.55. The van der Waals surface area contributed by atoms with Crippen molar-refractivity contribution in [1.82, 2.24) is 4.98 Å². The first kappa shape index (κ1) is 17.4. The zero-order valence-corrected chi connectivity index (χ0v) is 14.9. The van der Waals surface area contributed by atoms with E-state index in [4.69, 9.17) is 38.4 Å². The first-order valence-electron chi connectivity index (χ1n) is 7.28. The highest BCUT2D eigenvalue weighted by atomic mass is 35.5. The van der Waals surface area contributed by atoms with Gasteiger partial charge in [0.25, 0.3) is 5.56 Å². The number of rotatable bonds is 2. The normalized spacial score (nSPS) is 16.2. The van der Waals surface area contributed by atoms with Crippen molar-refractivity contribution >= 4 is 29.2 Å². The van der Waals surface area contributed by atoms with Crippen LogP contribution in [0.25, 0.3) is 0 Å². The summed E-state index contributed by atoms with van der Waals surface area (Å²) in [5.41, 5.74) is 7.01. The maximum absolute atomic E-state index is 12.6. The molecule has 0 fully saturated rings. The summed E-state index contributed by atoms with van der Waals surface area (Å²) in [6.07, 6.45) is 0. The molecule has 0 radical (unpaired) electrons. The Hall–Kier alpha value is -2.44. The molecule has 1 unspecified atom stereocenters. The molecule has 0 bridgehead atoms. The van der Waals surface area contributed by atoms with Gasteiger partial charge in [0.15, 0.2) is 0 Å². The highest BCUT2D eigenvalue weighted by Gasteiger charge is 2.37. The Morgan fingerprint density at radius 3 is 2.64 bits per heavy atom. The molecular formula is C17H14Cl2N2O4. The molecule has 0 spiro atoms. The topological polar surface area (TPSA) is 94.4 Å². The zero-order chi connectivity index (χ0) is 18.3. The number of H-pyrrole nitrogens is 1. The number of halogens is 2. The van der Waals surface area contributed by atoms with E-state index in [9.17, 15) is 9.59 Å². The predicted octanol–water partition coefficient (Wildman–Crippen LogP) is 2.86. The minimum absolute atomic E-state index is 0.0303. The van der Waals surface area contributed by atoms with Crippen LogP contribution in [0.5, 0.6) is 5.75 Å². The van der Waals surface area contributed by atoms with Crippen LogP contribution in [0.15, 0.2) is 40.5 Å². The van der Waals surface area contributed by atoms with E-state index >= 15 is 0 Å². The Kier molecular flexibility index (Phi) is 4.49. The van der Waals surface area contributed by atoms with Gasteiger partial charge in [-0.05, 0) is 24.6 Å². The van der Waals surface area contributed by atoms with Crippen LogP contribution in [0.4, 0.5) is 0 Å². The standard InChI is InChI=1S/C17H14Cl2N2O4/c1-7-5-11-13(16(22)21-7)12(8-3-4-9(18)10(19)6-8)14(15(20)25-11)17(23)24-2/h3-6,12H,20H2,1-2H3,(H,21,22). The molecule has 3 N–H and O–H groups in total. The van der Waals surface area contributed by atoms with Gasteiger partial charge in [-0.2, -0.15) is 0 Å². The molecule has 2 aromatic rings. The van der Waals surface area contributed by atoms with E-state index in [-0.39, 0.29) is 28.3 Å². The van der Waals surface area contributed by atoms with Crippen LogP contribution in [-0.4, -0.2) is 18.1 Å². The van der Waals surface area contributed by atoms with Crippen LogP contribution in [0.1, 0.15) is 22.7 Å². The molecule has 6 nitrogen and oxygen atoms in total. The molecule has 1 aliphatic rings. The molecule has 1 aromatic carbocycles. The van der Waals surface area contributed by atoms with Crippen LogP contribution < -0.4 is 16.0 Å². The maximum atomic E-state index is 12.6. The van der Waals surface area contributed by atoms with E-state index in [0.717, 1.165) is 0 Å². The number of methoxy groups -OCH3 is 1. The lowest BCUT2D eigenvalue weighted by molar-refractivity contribution is -0.136. The third-order valence-electron chi connectivity index (χ3n) is 3.91. The number of aryl methyl sites for hydroxylation is 1. The first-order chi connectivity index (χ1) is 11.8. The van der Waals surface area contributed by atoms with Crippen molar-refractivity contribution in [2.45, 2.75) is 12.8 Å². The molecular weight excluding hydrogens is 367 g/mol. The van der Waals surface area contributed by atoms with Gasteiger partial charge < -0.3 is 20.2 Å². The minimum Gasteiger partial charge on any atom is -0.465 e. The third kappa shape index (κ3) is 2.99. The van der Waals surface area contributed by atoms with Crippen molar-refractivity contribution in [2.24, 2.45) is 5.73 Å². The van der Waals surface area contributed by atoms with Gasteiger partial charge in [0, 0.05) is 11.8 Å². The summed E-state index contributed by atoms with van der Waals surface area (Å²) < 4.78 is 10.3. The molecule has 0 amide bonds. The number of nitrogens with one attached hydrogen (secondary N) is 1. The fraction of sp³-hybridized carbons (Fsp3) is 0.176. The smallest absolute Gasteiger partial charge is 0.340 e. The Bertz CT molecular complexity index is 966. The number of benzene rings is 1. The average molecular weight is 381 g/mol. The molecule has 8 heteroatoms. The highest BCUT2D eigenvalue weighted by Crippen LogP contribution is 2.42. The number of hydrogen-bond donors (Lipinski definition) is 2. The molecule has 0 aliphatic carbocycles. The number of ether oxygens (including phenoxy) is 2. The number of nitrogens with two attached hydrogens (primary N) is 1. The summed E-state index contributed by atoms with van der Waals surface area (Å²) in [6, 6.07) is 6.48. The van der Waals surface area contributed by atoms with Gasteiger partial charge in [-0.25, -0.2) is 4.79 Å². The zero-order valence-electron chi connectivity index (χ0n) is 13.4. The minimum atomic E-state index is -0.796. The summed E-state index contributed by atoms with van der Waals surface area (Å²) in [6.45, 7) is 1.72. The van der Waals surface area contributed by atoms with Gasteiger partial charge in [-0.3, -0.25) is 4.79 Å². The van der Waals surface area contributed by atoms with Crippen molar-refractivity contribution in [3.63, 3.8) is 0 Å². The molecule has 130 valence electrons. The monoisotopic (exact) mass is 380 g/mol. The number of aromatic nitrogens is 1. The van der Waals surface area contributed by atoms with Crippen LogP contribution in [0.3, 0.4) is 0 Å². The van der Waals surface area contributed by atoms with E-state index < -0.39 is 11.9 Å². The van der Waals surface area contributed by atoms with Gasteiger partial charge in [-0.15, -0.1) is 0 Å². The number of carbonyl (C=O) groups is 1. The fourth-order valence-electron chi connectivity index (χ4n) is 2.84. The van der Waals surface area contributed by atoms with Crippen molar-refractivity contribution in [1.29, 1.82) is 0 Å². The highest BCUT2D eigenvalue weighted by molar-refractivity contribution is 6.42. The molecule has 1 atom stereocenters. The summed E-state index contributed by atoms with van der Waals surface area (Å²) >= 11 is 12.1. The van der Waals surface area contributed by atoms with E-state index in [1.165, 1.54) is 7.11 Å². The van der Waals surface area contributed by atoms with E-state index in [1.807, 2.05) is 0 Å². The molecule has 0 saturated heterocycles. The van der Waals surface area contributed by atoms with E-state index in [2.05, 4.69) is 4.98 Å². The van der Waals surface area contributed by atoms with Crippen LogP contribution in [0, 0.1) is 6.92 Å². The number of pyridine rings is 1. The van der Waals surface area contributed by atoms with E-state index in [1.54, 1.807) is 31.2 Å². The predicted molar refractivity (Wildman–Crippen MR) is 94.0 cm³/mol. The number of fused-ring (bicyclic) bond motifs is 1. The molecule has 1 aliphatic heterocycles. The molecule has 2 heterocycles. The Balaban J connectivity index is 2.32. The lowest BCUT2D eigenvalue weighted by Crippen LogP contribution is -2.31. The van der Waals surface area contributed by atoms with Crippen LogP contribution in [-0.2, 0) is 9.53 Å². The number of esters is 1. The summed E-state index contributed by atoms with van der Waals surface area (Å²) in [7, 11) is 1.23. The third-order valence-corrected chi connectivity index (χ3v) is 4.65. The molecule has 25 heavy (non-hydrogen) atoms. The van der Waals surface area contributed by atoms with Gasteiger partial charge in [0.1, 0.15) is 11.3 Å². The SMILES string of the molecule is COC(=O)C1=C(N)Oc2cc(C)[nH]c(=O)c2C1c1ccc(Cl)c(Cl)c1. The summed E-state index contributed by atoms with van der Waals surface area (Å²) in [4.78, 5) is 27.6. The Morgan fingerprint density at radius 1 is 1.28 bits per heavy atom. The second-order valence-corrected chi connectivity index (χ2v) is 6.35. The number of carbonyl (C=O) groups excluding carboxylic acids is 1. The largest absolute Gasteiger partial charge is 0.465 e. The van der Waals surface area contributed by atoms with Crippen molar-refractivity contribution in [3.8, 4) is 5.75 Å². The van der Waals surface area contributed by atoms with Crippen molar-refractivity contribution in [3.05, 3.63) is 72.9 Å². The van der Waals surface area contributed by atoms with Crippen LogP contribution >= 0.6 is 23.2 Å². The lowest BCUT2D eigenvalue weighted by Gasteiger charge is -2.27. The second-order valence-electron chi connectivity index (χ2n) is 5.54. The number of hydrogen-bond acceptors (Lipinski definition) is 5.